The molecule has 0 amide bonds. The van der Waals surface area contributed by atoms with Gasteiger partial charge in [0.2, 0.25) is 10.0 Å². The molecule has 110 valence electrons. The largest absolute Gasteiger partial charge is 0.478 e. The van der Waals surface area contributed by atoms with Crippen molar-refractivity contribution in [3.8, 4) is 0 Å². The molecule has 1 aromatic rings. The van der Waals surface area contributed by atoms with Crippen LogP contribution in [0, 0.1) is 0 Å². The molecule has 0 heterocycles. The second-order valence-electron chi connectivity index (χ2n) is 4.34. The number of hydrogen-bond acceptors (Lipinski definition) is 3. The van der Waals surface area contributed by atoms with Gasteiger partial charge in [0, 0.05) is 13.1 Å². The number of benzene rings is 1. The lowest BCUT2D eigenvalue weighted by molar-refractivity contribution is 0.0696. The number of aromatic carboxylic acids is 1. The average molecular weight is 318 g/mol. The first kappa shape index (κ1) is 16.7. The number of nitrogens with zero attached hydrogens (tertiary/aromatic N) is 1. The molecule has 1 N–H and O–H groups in total. The van der Waals surface area contributed by atoms with E-state index in [1.807, 2.05) is 0 Å². The minimum absolute atomic E-state index is 0.00448. The zero-order valence-electron chi connectivity index (χ0n) is 11.3. The Balaban J connectivity index is 3.36. The third kappa shape index (κ3) is 3.59. The summed E-state index contributed by atoms with van der Waals surface area (Å²) >= 11 is 5.90. The van der Waals surface area contributed by atoms with Crippen LogP contribution in [-0.4, -0.2) is 36.9 Å². The Hall–Kier alpha value is -1.37. The maximum atomic E-state index is 12.5. The molecule has 0 aliphatic carbocycles. The van der Waals surface area contributed by atoms with Gasteiger partial charge < -0.3 is 5.11 Å². The van der Waals surface area contributed by atoms with Crippen LogP contribution >= 0.6 is 11.6 Å². The number of carboxylic acids is 1. The van der Waals surface area contributed by atoms with Gasteiger partial charge >= 0.3 is 5.97 Å². The molecule has 0 unspecified atom stereocenters. The molecule has 1 rings (SSSR count). The molecule has 0 saturated heterocycles. The zero-order chi connectivity index (χ0) is 15.5. The average Bonchev–Trinajstić information content (AvgIpc) is 2.35. The highest BCUT2D eigenvalue weighted by atomic mass is 35.5. The molecule has 0 aliphatic heterocycles. The SMILES string of the molecule is C=C(C)CN(CC)S(=O)(=O)c1cc(C(=O)O)ccc1Cl. The lowest BCUT2D eigenvalue weighted by Gasteiger charge is -2.21. The molecule has 0 saturated carbocycles. The second-order valence-corrected chi connectivity index (χ2v) is 6.65. The summed E-state index contributed by atoms with van der Waals surface area (Å²) in [5.41, 5.74) is 0.556. The molecule has 0 atom stereocenters. The van der Waals surface area contributed by atoms with Gasteiger partial charge in [-0.1, -0.05) is 30.7 Å². The fraction of sp³-hybridized carbons (Fsp3) is 0.308. The number of carboxylic acid groups (broad SMARTS) is 1. The summed E-state index contributed by atoms with van der Waals surface area (Å²) in [4.78, 5) is 10.7. The Kier molecular flexibility index (Phi) is 5.33. The first-order valence-electron chi connectivity index (χ1n) is 5.87. The van der Waals surface area contributed by atoms with Gasteiger partial charge in [-0.3, -0.25) is 0 Å². The number of halogens is 1. The summed E-state index contributed by atoms with van der Waals surface area (Å²) in [6, 6.07) is 3.60. The molecule has 5 nitrogen and oxygen atoms in total. The number of hydrogen-bond donors (Lipinski definition) is 1. The maximum absolute atomic E-state index is 12.5. The molecule has 7 heteroatoms. The van der Waals surface area contributed by atoms with Crippen molar-refractivity contribution >= 4 is 27.6 Å². The van der Waals surface area contributed by atoms with E-state index >= 15 is 0 Å². The predicted octanol–water partition coefficient (Wildman–Crippen LogP) is 2.62. The van der Waals surface area contributed by atoms with Crippen LogP contribution in [-0.2, 0) is 10.0 Å². The lowest BCUT2D eigenvalue weighted by Crippen LogP contribution is -2.32. The number of carbonyl (C=O) groups is 1. The van der Waals surface area contributed by atoms with Crippen molar-refractivity contribution in [2.24, 2.45) is 0 Å². The molecule has 0 aliphatic rings. The Morgan fingerprint density at radius 3 is 2.50 bits per heavy atom. The molecule has 1 aromatic carbocycles. The van der Waals surface area contributed by atoms with Gasteiger partial charge in [0.05, 0.1) is 10.6 Å². The van der Waals surface area contributed by atoms with Gasteiger partial charge in [0.15, 0.2) is 0 Å². The number of likely N-dealkylation sites (N-methyl/N-ethyl adjacent to an activating group) is 1. The van der Waals surface area contributed by atoms with Gasteiger partial charge in [-0.15, -0.1) is 0 Å². The highest BCUT2D eigenvalue weighted by molar-refractivity contribution is 7.89. The van der Waals surface area contributed by atoms with Crippen molar-refractivity contribution in [2.45, 2.75) is 18.7 Å². The van der Waals surface area contributed by atoms with Gasteiger partial charge in [-0.25, -0.2) is 13.2 Å². The molecule has 0 spiro atoms. The van der Waals surface area contributed by atoms with Crippen LogP contribution in [0.15, 0.2) is 35.2 Å². The number of rotatable bonds is 6. The monoisotopic (exact) mass is 317 g/mol. The van der Waals surface area contributed by atoms with Crippen LogP contribution in [0.2, 0.25) is 5.02 Å². The molecule has 0 fully saturated rings. The van der Waals surface area contributed by atoms with Gasteiger partial charge in [-0.05, 0) is 25.1 Å². The molecule has 0 bridgehead atoms. The van der Waals surface area contributed by atoms with E-state index in [0.717, 1.165) is 6.07 Å². The van der Waals surface area contributed by atoms with E-state index in [-0.39, 0.29) is 28.6 Å². The smallest absolute Gasteiger partial charge is 0.335 e. The summed E-state index contributed by atoms with van der Waals surface area (Å²) in [5.74, 6) is -1.21. The maximum Gasteiger partial charge on any atom is 0.335 e. The van der Waals surface area contributed by atoms with Gasteiger partial charge in [0.1, 0.15) is 4.90 Å². The van der Waals surface area contributed by atoms with Gasteiger partial charge in [-0.2, -0.15) is 4.31 Å². The summed E-state index contributed by atoms with van der Waals surface area (Å²) < 4.78 is 26.2. The van der Waals surface area contributed by atoms with Crippen molar-refractivity contribution in [2.75, 3.05) is 13.1 Å². The summed E-state index contributed by atoms with van der Waals surface area (Å²) in [6.07, 6.45) is 0. The van der Waals surface area contributed by atoms with E-state index in [2.05, 4.69) is 6.58 Å². The van der Waals surface area contributed by atoms with Gasteiger partial charge in [0.25, 0.3) is 0 Å². The summed E-state index contributed by atoms with van der Waals surface area (Å²) in [5, 5.41) is 8.94. The Morgan fingerprint density at radius 1 is 1.45 bits per heavy atom. The van der Waals surface area contributed by atoms with E-state index in [1.165, 1.54) is 16.4 Å². The Morgan fingerprint density at radius 2 is 2.05 bits per heavy atom. The second kappa shape index (κ2) is 6.39. The normalized spacial score (nSPS) is 11.6. The lowest BCUT2D eigenvalue weighted by atomic mass is 10.2. The summed E-state index contributed by atoms with van der Waals surface area (Å²) in [7, 11) is -3.86. The van der Waals surface area contributed by atoms with E-state index in [9.17, 15) is 13.2 Å². The predicted molar refractivity (Wildman–Crippen MR) is 77.7 cm³/mol. The van der Waals surface area contributed by atoms with E-state index in [4.69, 9.17) is 16.7 Å². The standard InChI is InChI=1S/C13H16ClNO4S/c1-4-15(8-9(2)3)20(18,19)12-7-10(13(16)17)5-6-11(12)14/h5-7H,2,4,8H2,1,3H3,(H,16,17). The van der Waals surface area contributed by atoms with Crippen LogP contribution in [0.4, 0.5) is 0 Å². The van der Waals surface area contributed by atoms with E-state index in [1.54, 1.807) is 13.8 Å². The first-order chi connectivity index (χ1) is 9.20. The van der Waals surface area contributed by atoms with Crippen molar-refractivity contribution in [1.29, 1.82) is 0 Å². The Bertz CT molecular complexity index is 640. The van der Waals surface area contributed by atoms with Crippen LogP contribution < -0.4 is 0 Å². The highest BCUT2D eigenvalue weighted by Gasteiger charge is 2.26. The van der Waals surface area contributed by atoms with Crippen molar-refractivity contribution in [3.63, 3.8) is 0 Å². The van der Waals surface area contributed by atoms with E-state index < -0.39 is 16.0 Å². The van der Waals surface area contributed by atoms with Crippen LogP contribution in [0.3, 0.4) is 0 Å². The van der Waals surface area contributed by atoms with Crippen LogP contribution in [0.25, 0.3) is 0 Å². The fourth-order valence-corrected chi connectivity index (χ4v) is 3.65. The molecular formula is C13H16ClNO4S. The zero-order valence-corrected chi connectivity index (χ0v) is 12.8. The topological polar surface area (TPSA) is 74.7 Å². The Labute approximate surface area is 123 Å². The van der Waals surface area contributed by atoms with E-state index in [0.29, 0.717) is 5.57 Å². The van der Waals surface area contributed by atoms with Crippen LogP contribution in [0.5, 0.6) is 0 Å². The van der Waals surface area contributed by atoms with Crippen LogP contribution in [0.1, 0.15) is 24.2 Å². The highest BCUT2D eigenvalue weighted by Crippen LogP contribution is 2.26. The quantitative estimate of drug-likeness (QED) is 0.818. The third-order valence-electron chi connectivity index (χ3n) is 2.59. The molecule has 20 heavy (non-hydrogen) atoms. The summed E-state index contributed by atoms with van der Waals surface area (Å²) in [6.45, 7) is 7.49. The van der Waals surface area contributed by atoms with Crippen molar-refractivity contribution in [3.05, 3.63) is 40.9 Å². The third-order valence-corrected chi connectivity index (χ3v) is 5.00. The fourth-order valence-electron chi connectivity index (χ4n) is 1.64. The minimum atomic E-state index is -3.86. The minimum Gasteiger partial charge on any atom is -0.478 e. The van der Waals surface area contributed by atoms with Crippen molar-refractivity contribution in [1.82, 2.24) is 4.31 Å². The molecule has 0 aromatic heterocycles. The first-order valence-corrected chi connectivity index (χ1v) is 7.69. The molecular weight excluding hydrogens is 302 g/mol. The van der Waals surface area contributed by atoms with Crippen molar-refractivity contribution < 1.29 is 18.3 Å². The number of sulfonamides is 1. The molecule has 0 radical (unpaired) electrons.